The van der Waals surface area contributed by atoms with Crippen LogP contribution in [0.25, 0.3) is 0 Å². The van der Waals surface area contributed by atoms with Crippen molar-refractivity contribution in [3.8, 4) is 0 Å². The van der Waals surface area contributed by atoms with E-state index in [0.717, 1.165) is 5.69 Å². The zero-order chi connectivity index (χ0) is 34.0. The van der Waals surface area contributed by atoms with Gasteiger partial charge in [-0.05, 0) is 75.3 Å². The van der Waals surface area contributed by atoms with E-state index in [4.69, 9.17) is 4.74 Å². The molecule has 2 aromatic carbocycles. The van der Waals surface area contributed by atoms with E-state index in [1.165, 1.54) is 12.0 Å². The minimum atomic E-state index is -4.78. The summed E-state index contributed by atoms with van der Waals surface area (Å²) in [5.74, 6) is -3.78. The summed E-state index contributed by atoms with van der Waals surface area (Å²) in [5, 5.41) is 2.44. The number of halogens is 4. The van der Waals surface area contributed by atoms with Crippen LogP contribution in [0, 0.1) is 11.7 Å². The van der Waals surface area contributed by atoms with Crippen molar-refractivity contribution in [3.63, 3.8) is 0 Å². The number of likely N-dealkylation sites (N-methyl/N-ethyl adjacent to an activating group) is 1. The fourth-order valence-electron chi connectivity index (χ4n) is 5.88. The summed E-state index contributed by atoms with van der Waals surface area (Å²) in [6.45, 7) is 5.11. The molecule has 1 spiro atoms. The minimum absolute atomic E-state index is 0.0766. The maximum atomic E-state index is 14.4. The Morgan fingerprint density at radius 2 is 1.67 bits per heavy atom. The molecule has 2 heterocycles. The lowest BCUT2D eigenvalue weighted by Gasteiger charge is -2.44. The van der Waals surface area contributed by atoms with Gasteiger partial charge >= 0.3 is 12.1 Å². The quantitative estimate of drug-likeness (QED) is 0.327. The number of nitrogens with zero attached hydrogens (tertiary/aromatic N) is 4. The molecule has 0 bridgehead atoms. The highest BCUT2D eigenvalue weighted by atomic mass is 19.4. The molecule has 10 nitrogen and oxygen atoms in total. The number of likely N-dealkylation sites (tertiary alicyclic amines) is 1. The number of esters is 1. The Kier molecular flexibility index (Phi) is 10.3. The van der Waals surface area contributed by atoms with E-state index in [0.29, 0.717) is 43.5 Å². The standard InChI is InChI=1S/C32H39F4N5O5/c1-20(2)26(37-27(42)24-18-22(32(34,35)36)8-11-25(24)33)28(43)39-14-12-31(13-15-39)30(45)40(17-16-38(3)4)19-41(31)23-9-6-21(7-10-23)29(44)46-5/h6-11,18,20,26H,12-17,19H2,1-5H3,(H,37,42)/t26-/m1/s1. The first-order chi connectivity index (χ1) is 21.6. The third-order valence-electron chi connectivity index (χ3n) is 8.59. The number of amides is 3. The first-order valence-electron chi connectivity index (χ1n) is 15.0. The van der Waals surface area contributed by atoms with Gasteiger partial charge in [0.15, 0.2) is 0 Å². The van der Waals surface area contributed by atoms with Crippen LogP contribution < -0.4 is 10.2 Å². The molecule has 4 rings (SSSR count). The van der Waals surface area contributed by atoms with E-state index in [-0.39, 0.29) is 31.8 Å². The van der Waals surface area contributed by atoms with E-state index in [9.17, 15) is 36.7 Å². The Balaban J connectivity index is 1.54. The van der Waals surface area contributed by atoms with Gasteiger partial charge in [-0.2, -0.15) is 13.2 Å². The van der Waals surface area contributed by atoms with Gasteiger partial charge in [0.1, 0.15) is 17.4 Å². The van der Waals surface area contributed by atoms with Gasteiger partial charge in [0, 0.05) is 31.9 Å². The molecule has 0 radical (unpaired) electrons. The van der Waals surface area contributed by atoms with Crippen molar-refractivity contribution in [2.24, 2.45) is 5.92 Å². The van der Waals surface area contributed by atoms with Crippen LogP contribution in [-0.2, 0) is 20.5 Å². The lowest BCUT2D eigenvalue weighted by atomic mass is 9.84. The lowest BCUT2D eigenvalue weighted by molar-refractivity contribution is -0.140. The Morgan fingerprint density at radius 1 is 1.04 bits per heavy atom. The number of methoxy groups -OCH3 is 1. The monoisotopic (exact) mass is 649 g/mol. The molecule has 1 N–H and O–H groups in total. The summed E-state index contributed by atoms with van der Waals surface area (Å²) in [5.41, 5.74) is -1.87. The second-order valence-electron chi connectivity index (χ2n) is 12.2. The predicted molar refractivity (Wildman–Crippen MR) is 161 cm³/mol. The van der Waals surface area contributed by atoms with Gasteiger partial charge in [-0.25, -0.2) is 9.18 Å². The molecule has 0 saturated carbocycles. The molecule has 0 aliphatic carbocycles. The van der Waals surface area contributed by atoms with Crippen molar-refractivity contribution >= 4 is 29.4 Å². The Morgan fingerprint density at radius 3 is 2.22 bits per heavy atom. The lowest BCUT2D eigenvalue weighted by Crippen LogP contribution is -2.60. The predicted octanol–water partition coefficient (Wildman–Crippen LogP) is 3.61. The normalized spacial score (nSPS) is 17.2. The summed E-state index contributed by atoms with van der Waals surface area (Å²) in [4.78, 5) is 59.9. The number of alkyl halides is 3. The number of benzene rings is 2. The number of nitrogens with one attached hydrogen (secondary N) is 1. The first-order valence-corrected chi connectivity index (χ1v) is 15.0. The van der Waals surface area contributed by atoms with Crippen LogP contribution in [0.15, 0.2) is 42.5 Å². The van der Waals surface area contributed by atoms with Crippen molar-refractivity contribution in [3.05, 3.63) is 65.0 Å². The second-order valence-corrected chi connectivity index (χ2v) is 12.2. The largest absolute Gasteiger partial charge is 0.465 e. The molecular formula is C32H39F4N5O5. The summed E-state index contributed by atoms with van der Waals surface area (Å²) in [7, 11) is 5.12. The number of rotatable bonds is 9. The molecule has 46 heavy (non-hydrogen) atoms. The molecule has 2 aromatic rings. The highest BCUT2D eigenvalue weighted by Crippen LogP contribution is 2.40. The Labute approximate surface area is 265 Å². The third kappa shape index (κ3) is 7.11. The number of piperidine rings is 1. The van der Waals surface area contributed by atoms with Crippen molar-refractivity contribution in [2.45, 2.75) is 44.4 Å². The Hall–Kier alpha value is -4.20. The summed E-state index contributed by atoms with van der Waals surface area (Å²) < 4.78 is 58.9. The SMILES string of the molecule is COC(=O)c1ccc(N2CN(CCN(C)C)C(=O)C23CCN(C(=O)[C@H](NC(=O)c2cc(C(F)(F)F)ccc2F)C(C)C)CC3)cc1. The van der Waals surface area contributed by atoms with Gasteiger partial charge in [0.2, 0.25) is 11.8 Å². The zero-order valence-electron chi connectivity index (χ0n) is 26.5. The van der Waals surface area contributed by atoms with Gasteiger partial charge in [0.25, 0.3) is 5.91 Å². The van der Waals surface area contributed by atoms with Crippen molar-refractivity contribution < 1.29 is 41.5 Å². The van der Waals surface area contributed by atoms with Crippen LogP contribution in [0.4, 0.5) is 23.2 Å². The van der Waals surface area contributed by atoms with Crippen molar-refractivity contribution in [1.29, 1.82) is 0 Å². The Bertz CT molecular complexity index is 1460. The van der Waals surface area contributed by atoms with Gasteiger partial charge < -0.3 is 29.7 Å². The number of ether oxygens (including phenoxy) is 1. The third-order valence-corrected chi connectivity index (χ3v) is 8.59. The summed E-state index contributed by atoms with van der Waals surface area (Å²) in [6, 6.07) is 7.17. The number of carbonyl (C=O) groups excluding carboxylic acids is 4. The van der Waals surface area contributed by atoms with E-state index in [2.05, 4.69) is 5.32 Å². The topological polar surface area (TPSA) is 102 Å². The molecular weight excluding hydrogens is 610 g/mol. The van der Waals surface area contributed by atoms with Gasteiger partial charge in [0.05, 0.1) is 30.5 Å². The maximum Gasteiger partial charge on any atom is 0.416 e. The molecule has 2 saturated heterocycles. The van der Waals surface area contributed by atoms with Gasteiger partial charge in [-0.1, -0.05) is 13.8 Å². The van der Waals surface area contributed by atoms with Gasteiger partial charge in [-0.15, -0.1) is 0 Å². The second kappa shape index (κ2) is 13.7. The van der Waals surface area contributed by atoms with Crippen LogP contribution in [0.1, 0.15) is 53.0 Å². The fourth-order valence-corrected chi connectivity index (χ4v) is 5.88. The van der Waals surface area contributed by atoms with Crippen LogP contribution in [0.2, 0.25) is 0 Å². The molecule has 14 heteroatoms. The number of hydrogen-bond acceptors (Lipinski definition) is 7. The van der Waals surface area contributed by atoms with Gasteiger partial charge in [-0.3, -0.25) is 14.4 Å². The highest BCUT2D eigenvalue weighted by Gasteiger charge is 2.54. The van der Waals surface area contributed by atoms with E-state index in [1.807, 2.05) is 23.9 Å². The molecule has 1 atom stereocenters. The molecule has 0 unspecified atom stereocenters. The van der Waals surface area contributed by atoms with Crippen LogP contribution >= 0.6 is 0 Å². The number of carbonyl (C=O) groups is 4. The number of anilines is 1. The highest BCUT2D eigenvalue weighted by molar-refractivity contribution is 5.98. The summed E-state index contributed by atoms with van der Waals surface area (Å²) >= 11 is 0. The minimum Gasteiger partial charge on any atom is -0.465 e. The molecule has 2 aliphatic rings. The molecule has 3 amide bonds. The van der Waals surface area contributed by atoms with Crippen LogP contribution in [-0.4, -0.2) is 104 Å². The first kappa shape index (κ1) is 34.7. The van der Waals surface area contributed by atoms with Crippen molar-refractivity contribution in [1.82, 2.24) is 20.0 Å². The smallest absolute Gasteiger partial charge is 0.416 e. The molecule has 250 valence electrons. The average molecular weight is 650 g/mol. The van der Waals surface area contributed by atoms with E-state index >= 15 is 0 Å². The van der Waals surface area contributed by atoms with E-state index < -0.39 is 58.4 Å². The molecule has 0 aromatic heterocycles. The molecule has 2 aliphatic heterocycles. The molecule has 2 fully saturated rings. The van der Waals surface area contributed by atoms with E-state index in [1.54, 1.807) is 43.0 Å². The average Bonchev–Trinajstić information content (AvgIpc) is 3.28. The number of hydrogen-bond donors (Lipinski definition) is 1. The van der Waals surface area contributed by atoms with Crippen molar-refractivity contribution in [2.75, 3.05) is 59.0 Å². The summed E-state index contributed by atoms with van der Waals surface area (Å²) in [6.07, 6.45) is -4.23. The van der Waals surface area contributed by atoms with Crippen LogP contribution in [0.3, 0.4) is 0 Å². The van der Waals surface area contributed by atoms with Crippen LogP contribution in [0.5, 0.6) is 0 Å². The zero-order valence-corrected chi connectivity index (χ0v) is 26.5. The maximum absolute atomic E-state index is 14.4. The fraction of sp³-hybridized carbons (Fsp3) is 0.500.